The molecular weight excluding hydrogens is 410 g/mol. The Labute approximate surface area is 183 Å². The number of nitro groups is 1. The molecule has 32 heavy (non-hydrogen) atoms. The van der Waals surface area contributed by atoms with Gasteiger partial charge in [-0.2, -0.15) is 0 Å². The SMILES string of the molecule is NC1=C(C(=[NH2+])c2ccccc2)C(c2ccc(OCc3cccc([N+](=O)[O-])c3)nc2)NC1=O. The van der Waals surface area contributed by atoms with Crippen molar-refractivity contribution in [2.24, 2.45) is 5.73 Å². The fourth-order valence-electron chi connectivity index (χ4n) is 3.45. The number of carbonyl (C=O) groups excluding carboxylic acids is 1. The highest BCUT2D eigenvalue weighted by Crippen LogP contribution is 2.30. The zero-order valence-corrected chi connectivity index (χ0v) is 16.9. The summed E-state index contributed by atoms with van der Waals surface area (Å²) >= 11 is 0. The lowest BCUT2D eigenvalue weighted by Crippen LogP contribution is -2.43. The molecule has 1 unspecified atom stereocenters. The minimum Gasteiger partial charge on any atom is -0.473 e. The Morgan fingerprint density at radius 1 is 1.16 bits per heavy atom. The second kappa shape index (κ2) is 8.68. The van der Waals surface area contributed by atoms with Crippen LogP contribution in [0.3, 0.4) is 0 Å². The summed E-state index contributed by atoms with van der Waals surface area (Å²) in [5.74, 6) is -0.0574. The molecule has 2 heterocycles. The van der Waals surface area contributed by atoms with Gasteiger partial charge < -0.3 is 15.8 Å². The first kappa shape index (κ1) is 20.7. The summed E-state index contributed by atoms with van der Waals surface area (Å²) in [6, 6.07) is 18.4. The second-order valence-corrected chi connectivity index (χ2v) is 7.16. The first-order chi connectivity index (χ1) is 15.4. The molecule has 0 bridgehead atoms. The Kier molecular flexibility index (Phi) is 5.63. The lowest BCUT2D eigenvalue weighted by atomic mass is 9.93. The van der Waals surface area contributed by atoms with E-state index in [9.17, 15) is 14.9 Å². The summed E-state index contributed by atoms with van der Waals surface area (Å²) in [7, 11) is 0. The van der Waals surface area contributed by atoms with Gasteiger partial charge in [0.1, 0.15) is 12.3 Å². The van der Waals surface area contributed by atoms with Crippen LogP contribution in [0.1, 0.15) is 22.7 Å². The lowest BCUT2D eigenvalue weighted by molar-refractivity contribution is -0.384. The van der Waals surface area contributed by atoms with E-state index in [1.807, 2.05) is 30.3 Å². The van der Waals surface area contributed by atoms with E-state index in [4.69, 9.17) is 15.9 Å². The van der Waals surface area contributed by atoms with E-state index in [0.29, 0.717) is 28.3 Å². The third-order valence-electron chi connectivity index (χ3n) is 5.07. The number of nitrogens with zero attached hydrogens (tertiary/aromatic N) is 2. The van der Waals surface area contributed by atoms with Crippen molar-refractivity contribution in [3.63, 3.8) is 0 Å². The third kappa shape index (κ3) is 4.17. The van der Waals surface area contributed by atoms with Crippen LogP contribution in [-0.4, -0.2) is 21.5 Å². The van der Waals surface area contributed by atoms with Gasteiger partial charge in [0, 0.05) is 30.0 Å². The normalized spacial score (nSPS) is 15.4. The fraction of sp³-hybridized carbons (Fsp3) is 0.0870. The van der Waals surface area contributed by atoms with Crippen LogP contribution in [0.25, 0.3) is 0 Å². The maximum absolute atomic E-state index is 12.2. The molecular formula is C23H20N5O4+. The predicted molar refractivity (Wildman–Crippen MR) is 116 cm³/mol. The number of rotatable bonds is 7. The van der Waals surface area contributed by atoms with Crippen LogP contribution < -0.4 is 21.2 Å². The molecule has 0 saturated carbocycles. The number of pyridine rings is 1. The number of carbonyl (C=O) groups is 1. The summed E-state index contributed by atoms with van der Waals surface area (Å²) in [6.07, 6.45) is 1.57. The molecule has 1 amide bonds. The Hall–Kier alpha value is -4.53. The summed E-state index contributed by atoms with van der Waals surface area (Å²) in [4.78, 5) is 27.0. The van der Waals surface area contributed by atoms with Crippen LogP contribution in [0, 0.1) is 10.1 Å². The van der Waals surface area contributed by atoms with Gasteiger partial charge in [0.15, 0.2) is 0 Å². The Morgan fingerprint density at radius 3 is 2.62 bits per heavy atom. The van der Waals surface area contributed by atoms with E-state index >= 15 is 0 Å². The minimum atomic E-state index is -0.541. The van der Waals surface area contributed by atoms with Crippen LogP contribution in [-0.2, 0) is 11.4 Å². The van der Waals surface area contributed by atoms with Crippen LogP contribution in [0.5, 0.6) is 5.88 Å². The number of amides is 1. The van der Waals surface area contributed by atoms with E-state index in [1.54, 1.807) is 30.5 Å². The fourth-order valence-corrected chi connectivity index (χ4v) is 3.45. The first-order valence-electron chi connectivity index (χ1n) is 9.75. The zero-order chi connectivity index (χ0) is 22.7. The van der Waals surface area contributed by atoms with Gasteiger partial charge in [0.05, 0.1) is 16.5 Å². The van der Waals surface area contributed by atoms with Gasteiger partial charge >= 0.3 is 0 Å². The van der Waals surface area contributed by atoms with E-state index in [-0.39, 0.29) is 18.0 Å². The largest absolute Gasteiger partial charge is 0.473 e. The quantitative estimate of drug-likeness (QED) is 0.292. The second-order valence-electron chi connectivity index (χ2n) is 7.16. The van der Waals surface area contributed by atoms with Crippen LogP contribution >= 0.6 is 0 Å². The zero-order valence-electron chi connectivity index (χ0n) is 16.9. The average Bonchev–Trinajstić information content (AvgIpc) is 3.12. The molecule has 2 aromatic carbocycles. The number of aromatic nitrogens is 1. The molecule has 160 valence electrons. The van der Waals surface area contributed by atoms with Crippen molar-refractivity contribution in [3.05, 3.63) is 111 Å². The van der Waals surface area contributed by atoms with Crippen molar-refractivity contribution in [3.8, 4) is 5.88 Å². The van der Waals surface area contributed by atoms with E-state index in [2.05, 4.69) is 10.3 Å². The number of benzene rings is 2. The molecule has 1 aliphatic heterocycles. The summed E-state index contributed by atoms with van der Waals surface area (Å²) < 4.78 is 5.64. The lowest BCUT2D eigenvalue weighted by Gasteiger charge is -2.14. The van der Waals surface area contributed by atoms with E-state index in [0.717, 1.165) is 5.56 Å². The maximum atomic E-state index is 12.2. The molecule has 0 radical (unpaired) electrons. The first-order valence-corrected chi connectivity index (χ1v) is 9.75. The number of nitrogens with one attached hydrogen (secondary N) is 1. The molecule has 0 spiro atoms. The van der Waals surface area contributed by atoms with Gasteiger partial charge in [-0.05, 0) is 29.3 Å². The van der Waals surface area contributed by atoms with Crippen LogP contribution in [0.4, 0.5) is 5.69 Å². The van der Waals surface area contributed by atoms with Crippen molar-refractivity contribution in [2.75, 3.05) is 0 Å². The summed E-state index contributed by atoms with van der Waals surface area (Å²) in [5.41, 5.74) is 9.13. The van der Waals surface area contributed by atoms with Crippen molar-refractivity contribution < 1.29 is 19.9 Å². The Bertz CT molecular complexity index is 1220. The molecule has 0 aliphatic carbocycles. The minimum absolute atomic E-state index is 0.00413. The van der Waals surface area contributed by atoms with Crippen LogP contribution in [0.2, 0.25) is 0 Å². The van der Waals surface area contributed by atoms with Crippen LogP contribution in [0.15, 0.2) is 84.2 Å². The average molecular weight is 430 g/mol. The molecule has 4 rings (SSSR count). The Balaban J connectivity index is 1.51. The van der Waals surface area contributed by atoms with E-state index < -0.39 is 16.9 Å². The summed E-state index contributed by atoms with van der Waals surface area (Å²) in [6.45, 7) is 0.126. The number of non-ortho nitro benzene ring substituents is 1. The molecule has 1 aliphatic rings. The summed E-state index contributed by atoms with van der Waals surface area (Å²) in [5, 5.41) is 20.1. The topological polar surface area (TPSA) is 146 Å². The molecule has 0 fully saturated rings. The molecule has 5 N–H and O–H groups in total. The Morgan fingerprint density at radius 2 is 1.94 bits per heavy atom. The smallest absolute Gasteiger partial charge is 0.269 e. The molecule has 1 atom stereocenters. The highest BCUT2D eigenvalue weighted by molar-refractivity contribution is 6.16. The molecule has 1 aromatic heterocycles. The number of ether oxygens (including phenoxy) is 1. The van der Waals surface area contributed by atoms with Crippen molar-refractivity contribution >= 4 is 17.3 Å². The molecule has 9 nitrogen and oxygen atoms in total. The van der Waals surface area contributed by atoms with Gasteiger partial charge in [-0.15, -0.1) is 0 Å². The maximum Gasteiger partial charge on any atom is 0.269 e. The van der Waals surface area contributed by atoms with Crippen molar-refractivity contribution in [1.82, 2.24) is 10.3 Å². The van der Waals surface area contributed by atoms with E-state index in [1.165, 1.54) is 12.1 Å². The number of nitrogens with two attached hydrogens (primary N) is 2. The third-order valence-corrected chi connectivity index (χ3v) is 5.07. The van der Waals surface area contributed by atoms with Crippen molar-refractivity contribution in [1.29, 1.82) is 0 Å². The van der Waals surface area contributed by atoms with Gasteiger partial charge in [0.25, 0.3) is 11.6 Å². The number of hydrogen-bond donors (Lipinski definition) is 3. The van der Waals surface area contributed by atoms with Gasteiger partial charge in [-0.1, -0.05) is 30.3 Å². The standard InChI is InChI=1S/C23H19N5O4/c24-20(15-6-2-1-3-7-15)19-21(25)23(29)27-22(19)16-9-10-18(26-12-16)32-13-14-5-4-8-17(11-14)28(30)31/h1-12,22,24H,13,25H2,(H,27,29)/p+1. The highest BCUT2D eigenvalue weighted by atomic mass is 16.6. The highest BCUT2D eigenvalue weighted by Gasteiger charge is 2.36. The van der Waals surface area contributed by atoms with Gasteiger partial charge in [0.2, 0.25) is 11.6 Å². The molecule has 9 heteroatoms. The molecule has 0 saturated heterocycles. The monoisotopic (exact) mass is 430 g/mol. The van der Waals surface area contributed by atoms with Crippen molar-refractivity contribution in [2.45, 2.75) is 12.6 Å². The number of hydrogen-bond acceptors (Lipinski definition) is 6. The molecule has 3 aromatic rings. The van der Waals surface area contributed by atoms with Gasteiger partial charge in [-0.3, -0.25) is 20.3 Å². The predicted octanol–water partition coefficient (Wildman–Crippen LogP) is 1.20. The van der Waals surface area contributed by atoms with Gasteiger partial charge in [-0.25, -0.2) is 4.98 Å². The number of nitro benzene ring substituents is 1.